The lowest BCUT2D eigenvalue weighted by molar-refractivity contribution is -0.131. The van der Waals surface area contributed by atoms with Gasteiger partial charge in [0.2, 0.25) is 5.91 Å². The van der Waals surface area contributed by atoms with Gasteiger partial charge in [-0.15, -0.1) is 0 Å². The molecule has 0 aliphatic rings. The lowest BCUT2D eigenvalue weighted by atomic mass is 9.80. The van der Waals surface area contributed by atoms with E-state index in [-0.39, 0.29) is 17.8 Å². The topological polar surface area (TPSA) is 42.0 Å². The maximum absolute atomic E-state index is 13.3. The summed E-state index contributed by atoms with van der Waals surface area (Å²) in [7, 11) is 0. The number of benzene rings is 1. The molecule has 1 unspecified atom stereocenters. The smallest absolute Gasteiger partial charge is 0.226 e. The average molecular weight is 431 g/mol. The van der Waals surface area contributed by atoms with E-state index in [9.17, 15) is 9.18 Å². The van der Waals surface area contributed by atoms with Crippen molar-refractivity contribution in [1.82, 2.24) is 10.3 Å². The zero-order valence-electron chi connectivity index (χ0n) is 20.7. The van der Waals surface area contributed by atoms with Gasteiger partial charge in [-0.3, -0.25) is 9.78 Å². The SMILES string of the molecule is CC.CCCC.CCCC(C)(CCC)C(=O)NC(c1ccc(F)cc1)c1ccccn1. The molecule has 1 amide bonds. The van der Waals surface area contributed by atoms with Crippen molar-refractivity contribution in [3.63, 3.8) is 0 Å². The lowest BCUT2D eigenvalue weighted by Crippen LogP contribution is -2.41. The van der Waals surface area contributed by atoms with Crippen LogP contribution in [-0.4, -0.2) is 10.9 Å². The van der Waals surface area contributed by atoms with Crippen LogP contribution in [0, 0.1) is 11.2 Å². The normalized spacial score (nSPS) is 11.4. The highest BCUT2D eigenvalue weighted by molar-refractivity contribution is 5.83. The molecule has 0 saturated carbocycles. The highest BCUT2D eigenvalue weighted by Gasteiger charge is 2.33. The molecule has 2 aromatic rings. The standard InChI is InChI=1S/C21H27FN2O.C4H10.C2H6/c1-4-13-21(3,14-5-2)20(25)24-19(18-8-6-7-15-23-18)16-9-11-17(22)12-10-16;1-3-4-2;1-2/h6-12,15,19H,4-5,13-14H2,1-3H3,(H,24,25);3-4H2,1-2H3;1-2H3. The van der Waals surface area contributed by atoms with Crippen molar-refractivity contribution in [2.75, 3.05) is 0 Å². The van der Waals surface area contributed by atoms with Gasteiger partial charge in [-0.25, -0.2) is 4.39 Å². The van der Waals surface area contributed by atoms with Gasteiger partial charge in [0.1, 0.15) is 5.82 Å². The van der Waals surface area contributed by atoms with Crippen LogP contribution in [-0.2, 0) is 4.79 Å². The van der Waals surface area contributed by atoms with Crippen molar-refractivity contribution in [3.05, 3.63) is 65.7 Å². The average Bonchev–Trinajstić information content (AvgIpc) is 2.80. The number of hydrogen-bond acceptors (Lipinski definition) is 2. The minimum absolute atomic E-state index is 0.0242. The molecule has 0 aliphatic heterocycles. The minimum Gasteiger partial charge on any atom is -0.343 e. The summed E-state index contributed by atoms with van der Waals surface area (Å²) < 4.78 is 13.3. The number of carbonyl (C=O) groups is 1. The first kappa shape index (κ1) is 28.8. The van der Waals surface area contributed by atoms with Crippen LogP contribution < -0.4 is 5.32 Å². The van der Waals surface area contributed by atoms with Gasteiger partial charge >= 0.3 is 0 Å². The molecule has 0 aliphatic carbocycles. The van der Waals surface area contributed by atoms with Gasteiger partial charge in [-0.1, -0.05) is 92.3 Å². The third-order valence-corrected chi connectivity index (χ3v) is 5.11. The Balaban J connectivity index is 0.00000134. The Labute approximate surface area is 189 Å². The van der Waals surface area contributed by atoms with E-state index in [0.717, 1.165) is 36.9 Å². The highest BCUT2D eigenvalue weighted by Crippen LogP contribution is 2.31. The summed E-state index contributed by atoms with van der Waals surface area (Å²) in [5.74, 6) is -0.271. The summed E-state index contributed by atoms with van der Waals surface area (Å²) in [6, 6.07) is 11.4. The quantitative estimate of drug-likeness (QED) is 0.440. The molecular formula is C27H43FN2O. The maximum atomic E-state index is 13.3. The van der Waals surface area contributed by atoms with Gasteiger partial charge in [0.05, 0.1) is 11.7 Å². The van der Waals surface area contributed by atoms with E-state index in [2.05, 4.69) is 38.0 Å². The molecule has 2 rings (SSSR count). The molecule has 1 N–H and O–H groups in total. The summed E-state index contributed by atoms with van der Waals surface area (Å²) in [6.45, 7) is 14.6. The molecule has 1 atom stereocenters. The molecule has 1 aromatic carbocycles. The third kappa shape index (κ3) is 10.1. The van der Waals surface area contributed by atoms with Crippen LogP contribution in [0.2, 0.25) is 0 Å². The predicted molar refractivity (Wildman–Crippen MR) is 130 cm³/mol. The van der Waals surface area contributed by atoms with E-state index in [1.807, 2.05) is 39.0 Å². The van der Waals surface area contributed by atoms with Gasteiger partial charge < -0.3 is 5.32 Å². The largest absolute Gasteiger partial charge is 0.343 e. The molecule has 174 valence electrons. The molecule has 3 nitrogen and oxygen atoms in total. The number of unbranched alkanes of at least 4 members (excludes halogenated alkanes) is 1. The van der Waals surface area contributed by atoms with Crippen molar-refractivity contribution < 1.29 is 9.18 Å². The predicted octanol–water partition coefficient (Wildman–Crippen LogP) is 7.87. The van der Waals surface area contributed by atoms with Crippen LogP contribution in [0.15, 0.2) is 48.7 Å². The van der Waals surface area contributed by atoms with Gasteiger partial charge in [0, 0.05) is 11.6 Å². The first-order valence-electron chi connectivity index (χ1n) is 11.9. The Morgan fingerprint density at radius 3 is 1.90 bits per heavy atom. The summed E-state index contributed by atoms with van der Waals surface area (Å²) in [5.41, 5.74) is 1.16. The Bertz CT molecular complexity index is 693. The summed E-state index contributed by atoms with van der Waals surface area (Å²) in [4.78, 5) is 17.5. The molecule has 1 aromatic heterocycles. The van der Waals surface area contributed by atoms with Crippen LogP contribution in [0.3, 0.4) is 0 Å². The minimum atomic E-state index is -0.406. The molecule has 0 fully saturated rings. The van der Waals surface area contributed by atoms with E-state index < -0.39 is 5.41 Å². The van der Waals surface area contributed by atoms with Crippen LogP contribution >= 0.6 is 0 Å². The zero-order valence-corrected chi connectivity index (χ0v) is 20.7. The summed E-state index contributed by atoms with van der Waals surface area (Å²) in [6.07, 6.45) is 7.93. The van der Waals surface area contributed by atoms with Crippen LogP contribution in [0.25, 0.3) is 0 Å². The van der Waals surface area contributed by atoms with E-state index in [1.54, 1.807) is 18.3 Å². The number of pyridine rings is 1. The molecule has 1 heterocycles. The van der Waals surface area contributed by atoms with Gasteiger partial charge in [-0.05, 0) is 42.7 Å². The van der Waals surface area contributed by atoms with E-state index >= 15 is 0 Å². The molecule has 0 radical (unpaired) electrons. The third-order valence-electron chi connectivity index (χ3n) is 5.11. The first-order chi connectivity index (χ1) is 14.9. The number of halogens is 1. The number of rotatable bonds is 9. The number of hydrogen-bond donors (Lipinski definition) is 1. The number of carbonyl (C=O) groups excluding carboxylic acids is 1. The van der Waals surface area contributed by atoms with Gasteiger partial charge in [0.15, 0.2) is 0 Å². The second-order valence-electron chi connectivity index (χ2n) is 7.77. The molecule has 0 saturated heterocycles. The number of amides is 1. The number of nitrogens with one attached hydrogen (secondary N) is 1. The Morgan fingerprint density at radius 2 is 1.48 bits per heavy atom. The molecular weight excluding hydrogens is 387 g/mol. The summed E-state index contributed by atoms with van der Waals surface area (Å²) >= 11 is 0. The fourth-order valence-electron chi connectivity index (χ4n) is 3.29. The maximum Gasteiger partial charge on any atom is 0.226 e. The highest BCUT2D eigenvalue weighted by atomic mass is 19.1. The van der Waals surface area contributed by atoms with Crippen molar-refractivity contribution in [2.24, 2.45) is 5.41 Å². The Hall–Kier alpha value is -2.23. The molecule has 0 spiro atoms. The zero-order chi connectivity index (χ0) is 23.7. The monoisotopic (exact) mass is 430 g/mol. The van der Waals surface area contributed by atoms with Crippen LogP contribution in [0.1, 0.15) is 104 Å². The van der Waals surface area contributed by atoms with E-state index in [0.29, 0.717) is 0 Å². The fraction of sp³-hybridized carbons (Fsp3) is 0.556. The Kier molecular flexibility index (Phi) is 15.3. The lowest BCUT2D eigenvalue weighted by Gasteiger charge is -2.30. The van der Waals surface area contributed by atoms with E-state index in [1.165, 1.54) is 25.0 Å². The second kappa shape index (κ2) is 16.5. The molecule has 4 heteroatoms. The fourth-order valence-corrected chi connectivity index (χ4v) is 3.29. The van der Waals surface area contributed by atoms with Crippen LogP contribution in [0.5, 0.6) is 0 Å². The molecule has 31 heavy (non-hydrogen) atoms. The number of nitrogens with zero attached hydrogens (tertiary/aromatic N) is 1. The Morgan fingerprint density at radius 1 is 0.935 bits per heavy atom. The molecule has 0 bridgehead atoms. The van der Waals surface area contributed by atoms with Crippen molar-refractivity contribution in [1.29, 1.82) is 0 Å². The second-order valence-corrected chi connectivity index (χ2v) is 7.77. The summed E-state index contributed by atoms with van der Waals surface area (Å²) in [5, 5.41) is 3.16. The van der Waals surface area contributed by atoms with Gasteiger partial charge in [-0.2, -0.15) is 0 Å². The van der Waals surface area contributed by atoms with Crippen molar-refractivity contribution in [2.45, 2.75) is 93.0 Å². The van der Waals surface area contributed by atoms with E-state index in [4.69, 9.17) is 0 Å². The van der Waals surface area contributed by atoms with Gasteiger partial charge in [0.25, 0.3) is 0 Å². The first-order valence-corrected chi connectivity index (χ1v) is 11.9. The van der Waals surface area contributed by atoms with Crippen molar-refractivity contribution >= 4 is 5.91 Å². The van der Waals surface area contributed by atoms with Crippen LogP contribution in [0.4, 0.5) is 4.39 Å². The number of aromatic nitrogens is 1. The van der Waals surface area contributed by atoms with Crippen molar-refractivity contribution in [3.8, 4) is 0 Å².